The normalized spacial score (nSPS) is 11.2. The van der Waals surface area contributed by atoms with Crippen molar-refractivity contribution in [2.24, 2.45) is 0 Å². The van der Waals surface area contributed by atoms with Crippen molar-refractivity contribution in [1.29, 1.82) is 0 Å². The third-order valence-electron chi connectivity index (χ3n) is 4.22. The molecule has 0 saturated heterocycles. The third-order valence-corrected chi connectivity index (χ3v) is 6.09. The number of rotatable bonds is 5. The van der Waals surface area contributed by atoms with Gasteiger partial charge in [-0.2, -0.15) is 0 Å². The van der Waals surface area contributed by atoms with Crippen LogP contribution in [0.15, 0.2) is 52.9 Å². The Morgan fingerprint density at radius 2 is 2.00 bits per heavy atom. The van der Waals surface area contributed by atoms with Gasteiger partial charge in [-0.05, 0) is 43.0 Å². The zero-order valence-electron chi connectivity index (χ0n) is 14.6. The summed E-state index contributed by atoms with van der Waals surface area (Å²) in [5.41, 5.74) is 2.01. The van der Waals surface area contributed by atoms with E-state index in [-0.39, 0.29) is 5.56 Å². The number of nitrogens with zero attached hydrogens (tertiary/aromatic N) is 2. The second-order valence-corrected chi connectivity index (χ2v) is 8.16. The summed E-state index contributed by atoms with van der Waals surface area (Å²) < 4.78 is 7.22. The van der Waals surface area contributed by atoms with E-state index >= 15 is 0 Å². The van der Waals surface area contributed by atoms with Crippen molar-refractivity contribution < 1.29 is 4.74 Å². The summed E-state index contributed by atoms with van der Waals surface area (Å²) in [6.07, 6.45) is 1.66. The largest absolute Gasteiger partial charge is 0.494 e. The Bertz CT molecular complexity index is 1090. The number of benzene rings is 1. The number of aromatic nitrogens is 2. The van der Waals surface area contributed by atoms with Gasteiger partial charge in [-0.3, -0.25) is 9.36 Å². The van der Waals surface area contributed by atoms with E-state index in [1.54, 1.807) is 33.6 Å². The predicted molar refractivity (Wildman–Crippen MR) is 109 cm³/mol. The van der Waals surface area contributed by atoms with Crippen LogP contribution < -0.4 is 10.3 Å². The van der Waals surface area contributed by atoms with Crippen LogP contribution >= 0.6 is 22.7 Å². The minimum absolute atomic E-state index is 0.0108. The molecule has 0 fully saturated rings. The fraction of sp³-hybridized carbons (Fsp3) is 0.200. The Kier molecular flexibility index (Phi) is 4.61. The van der Waals surface area contributed by atoms with Crippen molar-refractivity contribution in [2.75, 3.05) is 6.61 Å². The van der Waals surface area contributed by atoms with E-state index in [0.717, 1.165) is 31.5 Å². The van der Waals surface area contributed by atoms with E-state index in [0.29, 0.717) is 18.5 Å². The van der Waals surface area contributed by atoms with Crippen molar-refractivity contribution in [3.63, 3.8) is 0 Å². The molecule has 0 aliphatic carbocycles. The second kappa shape index (κ2) is 7.05. The minimum Gasteiger partial charge on any atom is -0.494 e. The van der Waals surface area contributed by atoms with Crippen LogP contribution in [0.2, 0.25) is 0 Å². The summed E-state index contributed by atoms with van der Waals surface area (Å²) in [7, 11) is 0. The molecule has 132 valence electrons. The highest BCUT2D eigenvalue weighted by molar-refractivity contribution is 7.19. The van der Waals surface area contributed by atoms with Crippen molar-refractivity contribution in [2.45, 2.75) is 20.4 Å². The maximum Gasteiger partial charge on any atom is 0.263 e. The van der Waals surface area contributed by atoms with Gasteiger partial charge in [-0.15, -0.1) is 22.7 Å². The molecule has 0 atom stereocenters. The molecule has 4 aromatic rings. The van der Waals surface area contributed by atoms with E-state index in [4.69, 9.17) is 4.74 Å². The minimum atomic E-state index is 0.0108. The Morgan fingerprint density at radius 3 is 2.69 bits per heavy atom. The molecule has 3 heterocycles. The molecule has 26 heavy (non-hydrogen) atoms. The SMILES string of the molecule is CCOc1ccc(-c2c(C)sc3ncn(Cc4cccs4)c(=O)c23)cc1. The first-order valence-electron chi connectivity index (χ1n) is 8.41. The molecule has 0 aliphatic heterocycles. The van der Waals surface area contributed by atoms with Crippen molar-refractivity contribution >= 4 is 32.9 Å². The summed E-state index contributed by atoms with van der Waals surface area (Å²) in [5, 5.41) is 2.72. The van der Waals surface area contributed by atoms with Crippen LogP contribution in [0.1, 0.15) is 16.7 Å². The van der Waals surface area contributed by atoms with Gasteiger partial charge in [0.2, 0.25) is 0 Å². The van der Waals surface area contributed by atoms with E-state index < -0.39 is 0 Å². The summed E-state index contributed by atoms with van der Waals surface area (Å²) >= 11 is 3.21. The molecule has 0 amide bonds. The zero-order valence-corrected chi connectivity index (χ0v) is 16.2. The van der Waals surface area contributed by atoms with Gasteiger partial charge in [0.1, 0.15) is 10.6 Å². The summed E-state index contributed by atoms with van der Waals surface area (Å²) in [4.78, 5) is 20.7. The molecule has 4 nitrogen and oxygen atoms in total. The van der Waals surface area contributed by atoms with Crippen LogP contribution in [0, 0.1) is 6.92 Å². The van der Waals surface area contributed by atoms with Crippen molar-refractivity contribution in [3.8, 4) is 16.9 Å². The monoisotopic (exact) mass is 382 g/mol. The lowest BCUT2D eigenvalue weighted by atomic mass is 10.0. The molecular formula is C20H18N2O2S2. The smallest absolute Gasteiger partial charge is 0.263 e. The number of hydrogen-bond donors (Lipinski definition) is 0. The first-order chi connectivity index (χ1) is 12.7. The van der Waals surface area contributed by atoms with E-state index in [1.165, 1.54) is 0 Å². The van der Waals surface area contributed by atoms with Gasteiger partial charge in [0.05, 0.1) is 24.9 Å². The van der Waals surface area contributed by atoms with Gasteiger partial charge in [-0.25, -0.2) is 4.98 Å². The first kappa shape index (κ1) is 17.0. The molecular weight excluding hydrogens is 364 g/mol. The van der Waals surface area contributed by atoms with Gasteiger partial charge >= 0.3 is 0 Å². The maximum absolute atomic E-state index is 13.1. The molecule has 3 aromatic heterocycles. The van der Waals surface area contributed by atoms with E-state index in [1.807, 2.05) is 55.6 Å². The number of fused-ring (bicyclic) bond motifs is 1. The first-order valence-corrected chi connectivity index (χ1v) is 10.1. The summed E-state index contributed by atoms with van der Waals surface area (Å²) in [5.74, 6) is 0.835. The van der Waals surface area contributed by atoms with Crippen LogP contribution in [-0.2, 0) is 6.54 Å². The zero-order chi connectivity index (χ0) is 18.1. The molecule has 1 aromatic carbocycles. The summed E-state index contributed by atoms with van der Waals surface area (Å²) in [6.45, 7) is 5.20. The van der Waals surface area contributed by atoms with Gasteiger partial charge in [0, 0.05) is 15.3 Å². The van der Waals surface area contributed by atoms with Gasteiger partial charge in [0.15, 0.2) is 0 Å². The number of ether oxygens (including phenoxy) is 1. The topological polar surface area (TPSA) is 44.1 Å². The molecule has 0 spiro atoms. The fourth-order valence-corrected chi connectivity index (χ4v) is 4.76. The molecule has 0 N–H and O–H groups in total. The second-order valence-electron chi connectivity index (χ2n) is 5.93. The molecule has 0 radical (unpaired) electrons. The lowest BCUT2D eigenvalue weighted by Gasteiger charge is -2.07. The molecule has 0 aliphatic rings. The lowest BCUT2D eigenvalue weighted by molar-refractivity contribution is 0.340. The molecule has 0 unspecified atom stereocenters. The third kappa shape index (κ3) is 3.06. The Balaban J connectivity index is 1.83. The highest BCUT2D eigenvalue weighted by Gasteiger charge is 2.17. The van der Waals surface area contributed by atoms with Gasteiger partial charge < -0.3 is 4.74 Å². The molecule has 0 saturated carbocycles. The quantitative estimate of drug-likeness (QED) is 0.491. The van der Waals surface area contributed by atoms with Crippen LogP contribution in [0.25, 0.3) is 21.3 Å². The highest BCUT2D eigenvalue weighted by Crippen LogP contribution is 2.36. The Hall–Kier alpha value is -2.44. The van der Waals surface area contributed by atoms with Crippen LogP contribution in [0.3, 0.4) is 0 Å². The average molecular weight is 383 g/mol. The van der Waals surface area contributed by atoms with Gasteiger partial charge in [-0.1, -0.05) is 18.2 Å². The van der Waals surface area contributed by atoms with Crippen LogP contribution in [0.4, 0.5) is 0 Å². The Morgan fingerprint density at radius 1 is 1.19 bits per heavy atom. The van der Waals surface area contributed by atoms with E-state index in [9.17, 15) is 4.79 Å². The van der Waals surface area contributed by atoms with Crippen molar-refractivity contribution in [1.82, 2.24) is 9.55 Å². The number of hydrogen-bond acceptors (Lipinski definition) is 5. The van der Waals surface area contributed by atoms with Crippen LogP contribution in [-0.4, -0.2) is 16.2 Å². The maximum atomic E-state index is 13.1. The standard InChI is InChI=1S/C20H18N2O2S2/c1-3-24-15-8-6-14(7-9-15)17-13(2)26-19-18(17)20(23)22(12-21-19)11-16-5-4-10-25-16/h4-10,12H,3,11H2,1-2H3. The molecule has 4 rings (SSSR count). The van der Waals surface area contributed by atoms with E-state index in [2.05, 4.69) is 4.98 Å². The number of thiophene rings is 2. The average Bonchev–Trinajstić information content (AvgIpc) is 3.26. The summed E-state index contributed by atoms with van der Waals surface area (Å²) in [6, 6.07) is 11.9. The molecule has 0 bridgehead atoms. The highest BCUT2D eigenvalue weighted by atomic mass is 32.1. The lowest BCUT2D eigenvalue weighted by Crippen LogP contribution is -2.20. The number of aryl methyl sites for hydroxylation is 1. The fourth-order valence-electron chi connectivity index (χ4n) is 3.05. The van der Waals surface area contributed by atoms with Crippen molar-refractivity contribution in [3.05, 3.63) is 68.2 Å². The van der Waals surface area contributed by atoms with Gasteiger partial charge in [0.25, 0.3) is 5.56 Å². The predicted octanol–water partition coefficient (Wildman–Crippen LogP) is 4.94. The van der Waals surface area contributed by atoms with Crippen LogP contribution in [0.5, 0.6) is 5.75 Å². The Labute approximate surface area is 159 Å². The molecule has 6 heteroatoms.